The summed E-state index contributed by atoms with van der Waals surface area (Å²) in [6.45, 7) is 1.82. The normalized spacial score (nSPS) is 15.3. The van der Waals surface area contributed by atoms with Gasteiger partial charge in [-0.05, 0) is 50.2 Å². The van der Waals surface area contributed by atoms with Crippen molar-refractivity contribution in [1.82, 2.24) is 15.5 Å². The van der Waals surface area contributed by atoms with E-state index in [4.69, 9.17) is 4.52 Å². The predicted molar refractivity (Wildman–Crippen MR) is 77.7 cm³/mol. The summed E-state index contributed by atoms with van der Waals surface area (Å²) < 4.78 is 45.4. The molecular formula is C15H17F3FmN3O2-. The molecular weight excluding hydrogens is 568 g/mol. The van der Waals surface area contributed by atoms with Crippen molar-refractivity contribution in [2.24, 2.45) is 0 Å². The number of hydrogen-bond donors (Lipinski definition) is 1. The van der Waals surface area contributed by atoms with Gasteiger partial charge in [-0.1, -0.05) is 5.16 Å². The second-order valence-corrected chi connectivity index (χ2v) is 5.05. The number of halogens is 3. The van der Waals surface area contributed by atoms with Gasteiger partial charge in [0.2, 0.25) is 11.7 Å². The Morgan fingerprint density at radius 3 is 2.33 bits per heavy atom. The first-order valence-electron chi connectivity index (χ1n) is 6.92. The maximum absolute atomic E-state index is 12.1. The number of nitrogens with zero attached hydrogens (tertiary/aromatic N) is 2. The molecule has 1 saturated heterocycles. The minimum absolute atomic E-state index is 0. The van der Waals surface area contributed by atoms with E-state index < -0.39 is 6.36 Å². The van der Waals surface area contributed by atoms with Gasteiger partial charge in [0.1, 0.15) is 5.75 Å². The Labute approximate surface area is 131 Å². The SMILES string of the molecule is FC(F)(F)Oc1ccc(-c2noc(C3CCNCC3)n2)cc1.[CH3-].[Fm]. The van der Waals surface area contributed by atoms with Crippen LogP contribution in [0.2, 0.25) is 0 Å². The van der Waals surface area contributed by atoms with Crippen molar-refractivity contribution in [3.05, 3.63) is 37.6 Å². The van der Waals surface area contributed by atoms with Crippen molar-refractivity contribution in [2.45, 2.75) is 25.1 Å². The monoisotopic (exact) mass is 585 g/mol. The van der Waals surface area contributed by atoms with E-state index >= 15 is 0 Å². The van der Waals surface area contributed by atoms with Crippen LogP contribution in [0.1, 0.15) is 24.7 Å². The van der Waals surface area contributed by atoms with E-state index in [1.54, 1.807) is 0 Å². The van der Waals surface area contributed by atoms with Gasteiger partial charge < -0.3 is 22.0 Å². The van der Waals surface area contributed by atoms with Gasteiger partial charge in [0, 0.05) is 11.5 Å². The second-order valence-electron chi connectivity index (χ2n) is 5.05. The molecule has 1 aliphatic heterocycles. The van der Waals surface area contributed by atoms with Gasteiger partial charge in [0.05, 0.1) is 0 Å². The largest absolute Gasteiger partial charge is 0.573 e. The Morgan fingerprint density at radius 2 is 1.75 bits per heavy atom. The molecule has 2 heterocycles. The third-order valence-electron chi connectivity index (χ3n) is 3.48. The van der Waals surface area contributed by atoms with E-state index in [1.165, 1.54) is 24.3 Å². The summed E-state index contributed by atoms with van der Waals surface area (Å²) in [5.41, 5.74) is 0.582. The number of alkyl halides is 3. The fourth-order valence-electron chi connectivity index (χ4n) is 2.39. The van der Waals surface area contributed by atoms with Gasteiger partial charge >= 0.3 is 6.36 Å². The summed E-state index contributed by atoms with van der Waals surface area (Å²) in [4.78, 5) is 4.34. The quantitative estimate of drug-likeness (QED) is 0.559. The van der Waals surface area contributed by atoms with Crippen LogP contribution in [-0.2, 0) is 0 Å². The van der Waals surface area contributed by atoms with Crippen molar-refractivity contribution >= 4 is 0 Å². The van der Waals surface area contributed by atoms with Crippen molar-refractivity contribution < 1.29 is 22.4 Å². The Balaban J connectivity index is 0.00000144. The van der Waals surface area contributed by atoms with E-state index in [0.29, 0.717) is 17.3 Å². The van der Waals surface area contributed by atoms with Gasteiger partial charge in [-0.15, -0.1) is 13.2 Å². The van der Waals surface area contributed by atoms with Crippen LogP contribution in [0.3, 0.4) is 0 Å². The molecule has 1 aliphatic rings. The summed E-state index contributed by atoms with van der Waals surface area (Å²) in [5.74, 6) is 0.896. The average Bonchev–Trinajstić information content (AvgIpc) is 2.97. The van der Waals surface area contributed by atoms with Crippen LogP contribution < -0.4 is 10.1 Å². The van der Waals surface area contributed by atoms with E-state index in [9.17, 15) is 13.2 Å². The summed E-state index contributed by atoms with van der Waals surface area (Å²) in [7, 11) is 0. The number of ether oxygens (including phenoxy) is 1. The van der Waals surface area contributed by atoms with Crippen LogP contribution in [0.25, 0.3) is 11.4 Å². The molecule has 0 amide bonds. The number of hydrogen-bond acceptors (Lipinski definition) is 5. The molecule has 0 unspecified atom stereocenters. The molecule has 0 aliphatic carbocycles. The maximum Gasteiger partial charge on any atom is 0.573 e. The van der Waals surface area contributed by atoms with Crippen molar-refractivity contribution in [3.63, 3.8) is 0 Å². The molecule has 0 atom stereocenters. The van der Waals surface area contributed by atoms with Crippen molar-refractivity contribution in [1.29, 1.82) is 0 Å². The number of rotatable bonds is 3. The molecule has 2 aromatic rings. The van der Waals surface area contributed by atoms with Gasteiger partial charge in [-0.25, -0.2) is 0 Å². The Morgan fingerprint density at radius 1 is 1.12 bits per heavy atom. The molecule has 24 heavy (non-hydrogen) atoms. The van der Waals surface area contributed by atoms with Crippen LogP contribution in [0, 0.1) is 7.43 Å². The summed E-state index contributed by atoms with van der Waals surface area (Å²) in [6, 6.07) is 5.39. The van der Waals surface area contributed by atoms with E-state index in [-0.39, 0.29) is 19.1 Å². The van der Waals surface area contributed by atoms with Gasteiger partial charge in [-0.3, -0.25) is 0 Å². The summed E-state index contributed by atoms with van der Waals surface area (Å²) in [6.07, 6.45) is -2.84. The van der Waals surface area contributed by atoms with E-state index in [0.717, 1.165) is 25.9 Å². The molecule has 5 nitrogen and oxygen atoms in total. The van der Waals surface area contributed by atoms with Crippen LogP contribution in [0.5, 0.6) is 5.75 Å². The Bertz CT molecular complexity index is 626. The molecule has 0 radical (unpaired) electrons. The molecule has 0 saturated carbocycles. The molecule has 1 aromatic carbocycles. The standard InChI is InChI=1S/C14H14F3N3O2.CH3.Fm/c15-14(16,17)21-11-3-1-9(2-4-11)12-19-13(22-20-12)10-5-7-18-8-6-10;;/h1-4,10,18H,5-8H2;1H3;/q;-1;. The van der Waals surface area contributed by atoms with E-state index in [1.807, 2.05) is 0 Å². The number of piperidine rings is 1. The zero-order chi connectivity index (χ0) is 15.6. The smallest absolute Gasteiger partial charge is 0.406 e. The average molecular weight is 585 g/mol. The third kappa shape index (κ3) is 4.45. The van der Waals surface area contributed by atoms with Crippen LogP contribution in [-0.4, -0.2) is 29.6 Å². The molecule has 0 spiro atoms. The third-order valence-corrected chi connectivity index (χ3v) is 3.48. The molecule has 0 bridgehead atoms. The zero-order valence-corrected chi connectivity index (χ0v) is 15.3. The van der Waals surface area contributed by atoms with E-state index in [2.05, 4.69) is 20.2 Å². The predicted octanol–water partition coefficient (Wildman–Crippen LogP) is 3.55. The fourth-order valence-corrected chi connectivity index (χ4v) is 2.39. The van der Waals surface area contributed by atoms with Crippen molar-refractivity contribution in [2.75, 3.05) is 13.1 Å². The first kappa shape index (κ1) is 19.0. The Kier molecular flexibility index (Phi) is 5.89. The first-order chi connectivity index (χ1) is 10.5. The molecule has 1 fully saturated rings. The summed E-state index contributed by atoms with van der Waals surface area (Å²) in [5, 5.41) is 7.15. The van der Waals surface area contributed by atoms with Gasteiger partial charge in [0.25, 0.3) is 0 Å². The van der Waals surface area contributed by atoms with Gasteiger partial charge in [-0.2, -0.15) is 4.98 Å². The van der Waals surface area contributed by atoms with Crippen molar-refractivity contribution in [3.8, 4) is 17.1 Å². The molecule has 9 heteroatoms. The van der Waals surface area contributed by atoms with Crippen LogP contribution >= 0.6 is 0 Å². The number of benzene rings is 1. The minimum atomic E-state index is -4.70. The number of nitrogens with one attached hydrogen (secondary N) is 1. The zero-order valence-electron chi connectivity index (χ0n) is 12.8. The second kappa shape index (κ2) is 7.45. The van der Waals surface area contributed by atoms with Crippen LogP contribution in [0.15, 0.2) is 28.8 Å². The molecule has 138 valence electrons. The maximum atomic E-state index is 12.1. The number of aromatic nitrogens is 2. The molecule has 1 N–H and O–H groups in total. The Hall–Kier alpha value is -3.09. The fraction of sp³-hybridized carbons (Fsp3) is 0.400. The van der Waals surface area contributed by atoms with Crippen LogP contribution in [0.4, 0.5) is 13.2 Å². The van der Waals surface area contributed by atoms with Gasteiger partial charge in [0.15, 0.2) is 0 Å². The first-order valence-corrected chi connectivity index (χ1v) is 6.92. The molecule has 3 rings (SSSR count). The minimum Gasteiger partial charge on any atom is -0.406 e. The molecule has 1 aromatic heterocycles. The topological polar surface area (TPSA) is 60.2 Å². The summed E-state index contributed by atoms with van der Waals surface area (Å²) >= 11 is 0.